The van der Waals surface area contributed by atoms with Gasteiger partial charge in [-0.2, -0.15) is 11.8 Å². The first-order valence-electron chi connectivity index (χ1n) is 6.19. The predicted octanol–water partition coefficient (Wildman–Crippen LogP) is 1.95. The van der Waals surface area contributed by atoms with E-state index < -0.39 is 6.04 Å². The van der Waals surface area contributed by atoms with E-state index in [-0.39, 0.29) is 23.7 Å². The van der Waals surface area contributed by atoms with Gasteiger partial charge in [-0.3, -0.25) is 4.79 Å². The molecule has 8 heteroatoms. The number of thioether (sulfide) groups is 1. The van der Waals surface area contributed by atoms with Crippen LogP contribution in [0.4, 0.5) is 0 Å². The molecule has 1 heterocycles. The van der Waals surface area contributed by atoms with Crippen molar-refractivity contribution < 1.29 is 4.79 Å². The Hall–Kier alpha value is -0.370. The highest BCUT2D eigenvalue weighted by atomic mass is 35.5. The molecule has 1 atom stereocenters. The van der Waals surface area contributed by atoms with Gasteiger partial charge in [0, 0.05) is 5.41 Å². The van der Waals surface area contributed by atoms with Gasteiger partial charge in [-0.1, -0.05) is 32.1 Å². The standard InChI is InChI=1S/C12H22N4OS2.ClH/c1-12(2,3)11-16-15-9(19-11)7-14-10(17)8(13)5-6-18-4;/h8H,5-7,13H2,1-4H3,(H,14,17);1H/t8-;/m0./s1. The second-order valence-corrected chi connectivity index (χ2v) is 7.40. The summed E-state index contributed by atoms with van der Waals surface area (Å²) in [5.74, 6) is 0.767. The zero-order chi connectivity index (χ0) is 14.5. The Morgan fingerprint density at radius 1 is 1.45 bits per heavy atom. The summed E-state index contributed by atoms with van der Waals surface area (Å²) in [6, 6.07) is -0.442. The molecule has 116 valence electrons. The highest BCUT2D eigenvalue weighted by molar-refractivity contribution is 7.98. The fourth-order valence-electron chi connectivity index (χ4n) is 1.30. The SMILES string of the molecule is CSCC[C@H](N)C(=O)NCc1nnc(C(C)(C)C)s1.Cl. The van der Waals surface area contributed by atoms with E-state index in [1.807, 2.05) is 6.26 Å². The van der Waals surface area contributed by atoms with Crippen molar-refractivity contribution in [2.75, 3.05) is 12.0 Å². The number of nitrogens with two attached hydrogens (primary N) is 1. The van der Waals surface area contributed by atoms with Gasteiger partial charge in [0.2, 0.25) is 5.91 Å². The van der Waals surface area contributed by atoms with Crippen molar-refractivity contribution in [1.29, 1.82) is 0 Å². The van der Waals surface area contributed by atoms with Crippen molar-refractivity contribution in [2.45, 2.75) is 45.2 Å². The Kier molecular flexibility index (Phi) is 8.65. The molecule has 0 aliphatic rings. The average molecular weight is 339 g/mol. The first kappa shape index (κ1) is 19.6. The zero-order valence-corrected chi connectivity index (χ0v) is 14.8. The summed E-state index contributed by atoms with van der Waals surface area (Å²) in [4.78, 5) is 11.7. The largest absolute Gasteiger partial charge is 0.348 e. The van der Waals surface area contributed by atoms with Crippen LogP contribution in [0.15, 0.2) is 0 Å². The second-order valence-electron chi connectivity index (χ2n) is 5.36. The van der Waals surface area contributed by atoms with Crippen LogP contribution in [0.3, 0.4) is 0 Å². The predicted molar refractivity (Wildman–Crippen MR) is 88.7 cm³/mol. The van der Waals surface area contributed by atoms with E-state index in [4.69, 9.17) is 5.73 Å². The molecule has 0 saturated carbocycles. The number of nitrogens with zero attached hydrogens (tertiary/aromatic N) is 2. The number of carbonyl (C=O) groups excluding carboxylic acids is 1. The fraction of sp³-hybridized carbons (Fsp3) is 0.750. The third-order valence-corrected chi connectivity index (χ3v) is 4.48. The maximum absolute atomic E-state index is 11.7. The maximum Gasteiger partial charge on any atom is 0.237 e. The highest BCUT2D eigenvalue weighted by Crippen LogP contribution is 2.25. The molecule has 3 N–H and O–H groups in total. The van der Waals surface area contributed by atoms with Gasteiger partial charge < -0.3 is 11.1 Å². The lowest BCUT2D eigenvalue weighted by Crippen LogP contribution is -2.40. The van der Waals surface area contributed by atoms with Gasteiger partial charge in [-0.05, 0) is 18.4 Å². The Labute approximate surface area is 134 Å². The fourth-order valence-corrected chi connectivity index (χ4v) is 2.62. The molecule has 0 spiro atoms. The third-order valence-electron chi connectivity index (χ3n) is 2.49. The number of halogens is 1. The summed E-state index contributed by atoms with van der Waals surface area (Å²) in [7, 11) is 0. The molecule has 1 aromatic rings. The topological polar surface area (TPSA) is 80.9 Å². The molecule has 0 fully saturated rings. The van der Waals surface area contributed by atoms with Gasteiger partial charge >= 0.3 is 0 Å². The molecule has 0 bridgehead atoms. The molecule has 0 radical (unpaired) electrons. The van der Waals surface area contributed by atoms with Crippen molar-refractivity contribution in [3.05, 3.63) is 10.0 Å². The van der Waals surface area contributed by atoms with Gasteiger partial charge in [-0.15, -0.1) is 22.6 Å². The van der Waals surface area contributed by atoms with Crippen LogP contribution in [-0.4, -0.2) is 34.2 Å². The molecule has 0 aromatic carbocycles. The Morgan fingerprint density at radius 2 is 2.10 bits per heavy atom. The monoisotopic (exact) mass is 338 g/mol. The number of aromatic nitrogens is 2. The normalized spacial score (nSPS) is 12.7. The van der Waals surface area contributed by atoms with Crippen LogP contribution in [0.5, 0.6) is 0 Å². The van der Waals surface area contributed by atoms with E-state index in [0.29, 0.717) is 13.0 Å². The quantitative estimate of drug-likeness (QED) is 0.828. The van der Waals surface area contributed by atoms with Crippen LogP contribution in [0, 0.1) is 0 Å². The van der Waals surface area contributed by atoms with Crippen LogP contribution in [0.2, 0.25) is 0 Å². The number of nitrogens with one attached hydrogen (secondary N) is 1. The lowest BCUT2D eigenvalue weighted by molar-refractivity contribution is -0.122. The zero-order valence-electron chi connectivity index (χ0n) is 12.3. The Bertz CT molecular complexity index is 420. The lowest BCUT2D eigenvalue weighted by Gasteiger charge is -2.12. The van der Waals surface area contributed by atoms with Crippen molar-refractivity contribution in [3.63, 3.8) is 0 Å². The number of hydrogen-bond donors (Lipinski definition) is 2. The van der Waals surface area contributed by atoms with Gasteiger partial charge in [-0.25, -0.2) is 0 Å². The van der Waals surface area contributed by atoms with Crippen molar-refractivity contribution in [1.82, 2.24) is 15.5 Å². The summed E-state index contributed by atoms with van der Waals surface area (Å²) in [6.45, 7) is 6.68. The molecular weight excluding hydrogens is 316 g/mol. The molecule has 0 aliphatic heterocycles. The van der Waals surface area contributed by atoms with Crippen molar-refractivity contribution >= 4 is 41.4 Å². The van der Waals surface area contributed by atoms with Crippen LogP contribution >= 0.6 is 35.5 Å². The number of rotatable bonds is 6. The highest BCUT2D eigenvalue weighted by Gasteiger charge is 2.20. The second kappa shape index (κ2) is 8.81. The summed E-state index contributed by atoms with van der Waals surface area (Å²) in [6.07, 6.45) is 2.69. The average Bonchev–Trinajstić information content (AvgIpc) is 2.81. The number of carbonyl (C=O) groups is 1. The van der Waals surface area contributed by atoms with E-state index in [2.05, 4.69) is 36.3 Å². The summed E-state index contributed by atoms with van der Waals surface area (Å²) in [5.41, 5.74) is 5.78. The van der Waals surface area contributed by atoms with Crippen LogP contribution in [-0.2, 0) is 16.8 Å². The molecular formula is C12H23ClN4OS2. The van der Waals surface area contributed by atoms with Gasteiger partial charge in [0.1, 0.15) is 10.0 Å². The Morgan fingerprint density at radius 3 is 2.60 bits per heavy atom. The first-order valence-corrected chi connectivity index (χ1v) is 8.40. The molecule has 5 nitrogen and oxygen atoms in total. The minimum atomic E-state index is -0.442. The molecule has 0 saturated heterocycles. The number of hydrogen-bond acceptors (Lipinski definition) is 6. The van der Waals surface area contributed by atoms with E-state index in [9.17, 15) is 4.79 Å². The summed E-state index contributed by atoms with van der Waals surface area (Å²) < 4.78 is 0. The molecule has 1 rings (SSSR count). The molecule has 1 aromatic heterocycles. The Balaban J connectivity index is 0.00000361. The molecule has 0 aliphatic carbocycles. The smallest absolute Gasteiger partial charge is 0.237 e. The minimum Gasteiger partial charge on any atom is -0.348 e. The van der Waals surface area contributed by atoms with Crippen molar-refractivity contribution in [3.8, 4) is 0 Å². The van der Waals surface area contributed by atoms with Gasteiger partial charge in [0.15, 0.2) is 0 Å². The van der Waals surface area contributed by atoms with E-state index in [1.54, 1.807) is 11.8 Å². The summed E-state index contributed by atoms with van der Waals surface area (Å²) in [5, 5.41) is 12.8. The van der Waals surface area contributed by atoms with Crippen LogP contribution in [0.25, 0.3) is 0 Å². The van der Waals surface area contributed by atoms with E-state index in [0.717, 1.165) is 15.8 Å². The van der Waals surface area contributed by atoms with Crippen molar-refractivity contribution in [2.24, 2.45) is 5.73 Å². The van der Waals surface area contributed by atoms with Crippen LogP contribution < -0.4 is 11.1 Å². The van der Waals surface area contributed by atoms with Crippen LogP contribution in [0.1, 0.15) is 37.2 Å². The number of amides is 1. The van der Waals surface area contributed by atoms with E-state index >= 15 is 0 Å². The van der Waals surface area contributed by atoms with Gasteiger partial charge in [0.05, 0.1) is 12.6 Å². The molecule has 1 amide bonds. The van der Waals surface area contributed by atoms with Gasteiger partial charge in [0.25, 0.3) is 0 Å². The third kappa shape index (κ3) is 6.39. The minimum absolute atomic E-state index is 0. The van der Waals surface area contributed by atoms with E-state index in [1.165, 1.54) is 11.3 Å². The lowest BCUT2D eigenvalue weighted by atomic mass is 9.98. The molecule has 0 unspecified atom stereocenters. The first-order chi connectivity index (χ1) is 8.84. The summed E-state index contributed by atoms with van der Waals surface area (Å²) >= 11 is 3.22. The maximum atomic E-state index is 11.7. The molecule has 20 heavy (non-hydrogen) atoms.